The first-order chi connectivity index (χ1) is 12.6. The first kappa shape index (κ1) is 19.8. The van der Waals surface area contributed by atoms with Gasteiger partial charge in [-0.1, -0.05) is 22.0 Å². The van der Waals surface area contributed by atoms with E-state index in [0.29, 0.717) is 17.9 Å². The maximum atomic E-state index is 12.5. The maximum Gasteiger partial charge on any atom is 0.573 e. The number of rotatable bonds is 6. The van der Waals surface area contributed by atoms with Gasteiger partial charge in [0.05, 0.1) is 0 Å². The maximum absolute atomic E-state index is 12.5. The molecule has 0 aromatic heterocycles. The molecule has 0 amide bonds. The van der Waals surface area contributed by atoms with Crippen LogP contribution in [0.4, 0.5) is 13.2 Å². The molecule has 146 valence electrons. The molecule has 0 saturated heterocycles. The van der Waals surface area contributed by atoms with E-state index in [1.807, 2.05) is 0 Å². The quantitative estimate of drug-likeness (QED) is 0.702. The molecular formula is C16H13BrF3NO5S. The zero-order valence-electron chi connectivity index (χ0n) is 13.5. The summed E-state index contributed by atoms with van der Waals surface area (Å²) in [6.45, 7) is 0.0977. The molecule has 1 N–H and O–H groups in total. The van der Waals surface area contributed by atoms with E-state index in [1.54, 1.807) is 18.2 Å². The van der Waals surface area contributed by atoms with Crippen molar-refractivity contribution < 1.29 is 35.8 Å². The average molecular weight is 468 g/mol. The Labute approximate surface area is 161 Å². The second-order valence-corrected chi connectivity index (χ2v) is 8.13. The molecule has 1 aliphatic rings. The van der Waals surface area contributed by atoms with Crippen LogP contribution in [0.3, 0.4) is 0 Å². The molecule has 1 heterocycles. The van der Waals surface area contributed by atoms with Crippen LogP contribution < -0.4 is 18.9 Å². The zero-order valence-corrected chi connectivity index (χ0v) is 15.9. The lowest BCUT2D eigenvalue weighted by Crippen LogP contribution is -2.27. The van der Waals surface area contributed by atoms with Gasteiger partial charge in [-0.05, 0) is 42.3 Å². The Hall–Kier alpha value is -1.98. The largest absolute Gasteiger partial charge is 0.573 e. The Morgan fingerprint density at radius 3 is 2.59 bits per heavy atom. The Morgan fingerprint density at radius 2 is 1.85 bits per heavy atom. The number of ether oxygens (including phenoxy) is 3. The van der Waals surface area contributed by atoms with Gasteiger partial charge in [0.2, 0.25) is 16.8 Å². The Morgan fingerprint density at radius 1 is 1.11 bits per heavy atom. The highest BCUT2D eigenvalue weighted by atomic mass is 79.9. The van der Waals surface area contributed by atoms with Crippen molar-refractivity contribution in [1.29, 1.82) is 0 Å². The van der Waals surface area contributed by atoms with Crippen molar-refractivity contribution in [3.63, 3.8) is 0 Å². The van der Waals surface area contributed by atoms with Crippen LogP contribution >= 0.6 is 15.9 Å². The summed E-state index contributed by atoms with van der Waals surface area (Å²) in [4.78, 5) is -0.603. The molecule has 0 radical (unpaired) electrons. The molecule has 0 spiro atoms. The first-order valence-electron chi connectivity index (χ1n) is 7.57. The zero-order chi connectivity index (χ0) is 19.7. The molecular weight excluding hydrogens is 455 g/mol. The average Bonchev–Trinajstić information content (AvgIpc) is 3.00. The van der Waals surface area contributed by atoms with Gasteiger partial charge in [-0.15, -0.1) is 13.2 Å². The summed E-state index contributed by atoms with van der Waals surface area (Å²) in [5.74, 6) is 0.347. The predicted molar refractivity (Wildman–Crippen MR) is 92.3 cm³/mol. The monoisotopic (exact) mass is 467 g/mol. The summed E-state index contributed by atoms with van der Waals surface area (Å²) in [5, 5.41) is 0. The van der Waals surface area contributed by atoms with Gasteiger partial charge in [0, 0.05) is 11.0 Å². The van der Waals surface area contributed by atoms with Crippen LogP contribution in [0.25, 0.3) is 0 Å². The Bertz CT molecular complexity index is 950. The van der Waals surface area contributed by atoms with Gasteiger partial charge in [-0.3, -0.25) is 0 Å². The molecule has 0 atom stereocenters. The van der Waals surface area contributed by atoms with E-state index in [0.717, 1.165) is 17.7 Å². The van der Waals surface area contributed by atoms with E-state index in [1.165, 1.54) is 6.07 Å². The lowest BCUT2D eigenvalue weighted by atomic mass is 10.1. The summed E-state index contributed by atoms with van der Waals surface area (Å²) < 4.78 is 79.3. The van der Waals surface area contributed by atoms with Gasteiger partial charge >= 0.3 is 6.36 Å². The second kappa shape index (κ2) is 7.56. The van der Waals surface area contributed by atoms with E-state index in [-0.39, 0.29) is 17.8 Å². The highest BCUT2D eigenvalue weighted by molar-refractivity contribution is 9.10. The van der Waals surface area contributed by atoms with Crippen molar-refractivity contribution in [3.05, 3.63) is 46.4 Å². The fourth-order valence-corrected chi connectivity index (χ4v) is 3.89. The fourth-order valence-electron chi connectivity index (χ4n) is 2.41. The highest BCUT2D eigenvalue weighted by Crippen LogP contribution is 2.33. The van der Waals surface area contributed by atoms with E-state index in [2.05, 4.69) is 25.4 Å². The summed E-state index contributed by atoms with van der Waals surface area (Å²) in [6, 6.07) is 8.47. The summed E-state index contributed by atoms with van der Waals surface area (Å²) in [5.41, 5.74) is 0.782. The first-order valence-corrected chi connectivity index (χ1v) is 9.85. The predicted octanol–water partition coefficient (Wildman–Crippen LogP) is 3.60. The third-order valence-corrected chi connectivity index (χ3v) is 5.56. The second-order valence-electron chi connectivity index (χ2n) is 5.47. The summed E-state index contributed by atoms with van der Waals surface area (Å²) in [7, 11) is -4.21. The van der Waals surface area contributed by atoms with Crippen molar-refractivity contribution in [2.75, 3.05) is 13.3 Å². The number of sulfonamides is 1. The topological polar surface area (TPSA) is 73.9 Å². The minimum absolute atomic E-state index is 0.0243. The number of halogens is 4. The molecule has 3 rings (SSSR count). The van der Waals surface area contributed by atoms with Crippen LogP contribution in [0.15, 0.2) is 45.8 Å². The van der Waals surface area contributed by atoms with Gasteiger partial charge in [0.15, 0.2) is 17.2 Å². The highest BCUT2D eigenvalue weighted by Gasteiger charge is 2.34. The van der Waals surface area contributed by atoms with Crippen molar-refractivity contribution in [2.45, 2.75) is 17.7 Å². The van der Waals surface area contributed by atoms with Crippen molar-refractivity contribution in [2.24, 2.45) is 0 Å². The Balaban J connectivity index is 1.71. The molecule has 0 bridgehead atoms. The van der Waals surface area contributed by atoms with Crippen LogP contribution in [-0.4, -0.2) is 28.1 Å². The van der Waals surface area contributed by atoms with Gasteiger partial charge in [0.1, 0.15) is 4.90 Å². The number of hydrogen-bond acceptors (Lipinski definition) is 5. The lowest BCUT2D eigenvalue weighted by Gasteiger charge is -2.14. The summed E-state index contributed by atoms with van der Waals surface area (Å²) in [6.07, 6.45) is -4.71. The Kier molecular flexibility index (Phi) is 5.54. The molecule has 2 aromatic rings. The van der Waals surface area contributed by atoms with Gasteiger partial charge in [0.25, 0.3) is 0 Å². The van der Waals surface area contributed by atoms with Crippen molar-refractivity contribution in [1.82, 2.24) is 4.72 Å². The molecule has 27 heavy (non-hydrogen) atoms. The van der Waals surface area contributed by atoms with E-state index < -0.39 is 27.0 Å². The molecule has 0 unspecified atom stereocenters. The van der Waals surface area contributed by atoms with Crippen LogP contribution in [-0.2, 0) is 16.4 Å². The molecule has 1 aliphatic heterocycles. The smallest absolute Gasteiger partial charge is 0.454 e. The molecule has 11 heteroatoms. The van der Waals surface area contributed by atoms with Gasteiger partial charge in [-0.25, -0.2) is 13.1 Å². The van der Waals surface area contributed by atoms with Crippen LogP contribution in [0.2, 0.25) is 0 Å². The van der Waals surface area contributed by atoms with Gasteiger partial charge in [-0.2, -0.15) is 0 Å². The number of alkyl halides is 3. The number of benzene rings is 2. The van der Waals surface area contributed by atoms with E-state index in [9.17, 15) is 21.6 Å². The molecule has 6 nitrogen and oxygen atoms in total. The summed E-state index contributed by atoms with van der Waals surface area (Å²) >= 11 is 2.99. The minimum atomic E-state index is -5.02. The van der Waals surface area contributed by atoms with Crippen LogP contribution in [0, 0.1) is 0 Å². The number of nitrogens with one attached hydrogen (secondary N) is 1. The van der Waals surface area contributed by atoms with Crippen LogP contribution in [0.5, 0.6) is 17.2 Å². The molecule has 0 fully saturated rings. The normalized spacial score (nSPS) is 13.6. The third kappa shape index (κ3) is 5.05. The third-order valence-electron chi connectivity index (χ3n) is 3.56. The molecule has 0 saturated carbocycles. The van der Waals surface area contributed by atoms with Crippen molar-refractivity contribution in [3.8, 4) is 17.2 Å². The molecule has 0 aliphatic carbocycles. The lowest BCUT2D eigenvalue weighted by molar-refractivity contribution is -0.275. The SMILES string of the molecule is O=S(=O)(NCCc1ccc2c(c1)OCO2)c1ccc(Br)cc1OC(F)(F)F. The fraction of sp³-hybridized carbons (Fsp3) is 0.250. The molecule has 2 aromatic carbocycles. The van der Waals surface area contributed by atoms with Crippen molar-refractivity contribution >= 4 is 26.0 Å². The van der Waals surface area contributed by atoms with Crippen LogP contribution in [0.1, 0.15) is 5.56 Å². The van der Waals surface area contributed by atoms with E-state index in [4.69, 9.17) is 9.47 Å². The standard InChI is InChI=1S/C16H13BrF3NO5S/c17-11-2-4-15(14(8-11)26-16(18,19)20)27(22,23)21-6-5-10-1-3-12-13(7-10)25-9-24-12/h1-4,7-8,21H,5-6,9H2. The minimum Gasteiger partial charge on any atom is -0.454 e. The van der Waals surface area contributed by atoms with E-state index >= 15 is 0 Å². The number of fused-ring (bicyclic) bond motifs is 1. The van der Waals surface area contributed by atoms with Gasteiger partial charge < -0.3 is 14.2 Å². The number of hydrogen-bond donors (Lipinski definition) is 1.